The van der Waals surface area contributed by atoms with Crippen LogP contribution in [0.5, 0.6) is 0 Å². The van der Waals surface area contributed by atoms with Crippen molar-refractivity contribution < 1.29 is 23.5 Å². The normalized spacial score (nSPS) is 11.0. The minimum atomic E-state index is -0.598. The largest absolute Gasteiger partial charge is 0.461 e. The molecule has 0 saturated heterocycles. The summed E-state index contributed by atoms with van der Waals surface area (Å²) >= 11 is 3.14. The van der Waals surface area contributed by atoms with Gasteiger partial charge in [-0.15, -0.1) is 0 Å². The summed E-state index contributed by atoms with van der Waals surface area (Å²) in [5, 5.41) is 2.44. The topological polar surface area (TPSA) is 64.6 Å². The van der Waals surface area contributed by atoms with E-state index in [2.05, 4.69) is 21.2 Å². The predicted octanol–water partition coefficient (Wildman–Crippen LogP) is 3.55. The van der Waals surface area contributed by atoms with Crippen molar-refractivity contribution in [2.45, 2.75) is 39.4 Å². The van der Waals surface area contributed by atoms with Crippen LogP contribution in [-0.2, 0) is 20.9 Å². The minimum Gasteiger partial charge on any atom is -0.461 e. The predicted molar refractivity (Wildman–Crippen MR) is 82.7 cm³/mol. The first kappa shape index (κ1) is 18.4. The number of hydrogen-bond acceptors (Lipinski definition) is 4. The van der Waals surface area contributed by atoms with E-state index >= 15 is 0 Å². The number of nitrogens with one attached hydrogen (secondary N) is 1. The summed E-state index contributed by atoms with van der Waals surface area (Å²) < 4.78 is 24.1. The molecule has 1 amide bonds. The number of halogens is 2. The second-order valence-electron chi connectivity index (χ2n) is 5.58. The van der Waals surface area contributed by atoms with Gasteiger partial charge in [-0.05, 0) is 32.9 Å². The molecule has 5 nitrogen and oxygen atoms in total. The second-order valence-corrected chi connectivity index (χ2v) is 6.49. The summed E-state index contributed by atoms with van der Waals surface area (Å²) in [5.74, 6) is -0.979. The van der Waals surface area contributed by atoms with Gasteiger partial charge >= 0.3 is 12.1 Å². The van der Waals surface area contributed by atoms with E-state index in [1.54, 1.807) is 26.8 Å². The lowest BCUT2D eigenvalue weighted by Crippen LogP contribution is -2.33. The first-order valence-electron chi connectivity index (χ1n) is 6.74. The van der Waals surface area contributed by atoms with Crippen molar-refractivity contribution in [1.29, 1.82) is 0 Å². The van der Waals surface area contributed by atoms with Gasteiger partial charge in [-0.3, -0.25) is 4.79 Å². The Hall–Kier alpha value is -1.63. The standard InChI is InChI=1S/C15H19BrFNO4/c1-15(2,3)22-14(20)18-7-6-13(19)21-9-10-4-5-11(16)8-12(10)17/h4-5,8H,6-7,9H2,1-3H3,(H,18,20). The number of carbonyl (C=O) groups excluding carboxylic acids is 2. The molecule has 0 radical (unpaired) electrons. The molecule has 0 aliphatic rings. The Morgan fingerprint density at radius 3 is 2.59 bits per heavy atom. The molecule has 0 unspecified atom stereocenters. The summed E-state index contributed by atoms with van der Waals surface area (Å²) in [7, 11) is 0. The smallest absolute Gasteiger partial charge is 0.407 e. The van der Waals surface area contributed by atoms with Gasteiger partial charge in [-0.1, -0.05) is 22.0 Å². The zero-order valence-corrected chi connectivity index (χ0v) is 14.3. The Bertz CT molecular complexity index is 543. The van der Waals surface area contributed by atoms with E-state index in [0.717, 1.165) is 0 Å². The Morgan fingerprint density at radius 1 is 1.32 bits per heavy atom. The molecule has 0 aromatic heterocycles. The summed E-state index contributed by atoms with van der Waals surface area (Å²) in [5.41, 5.74) is -0.305. The van der Waals surface area contributed by atoms with Gasteiger partial charge in [0.2, 0.25) is 0 Å². The van der Waals surface area contributed by atoms with E-state index in [4.69, 9.17) is 9.47 Å². The van der Waals surface area contributed by atoms with Gasteiger partial charge in [-0.25, -0.2) is 9.18 Å². The third-order valence-corrected chi connectivity index (χ3v) is 2.89. The summed E-state index contributed by atoms with van der Waals surface area (Å²) in [6.07, 6.45) is -0.614. The van der Waals surface area contributed by atoms with E-state index in [9.17, 15) is 14.0 Å². The molecule has 1 N–H and O–H groups in total. The van der Waals surface area contributed by atoms with E-state index in [-0.39, 0.29) is 25.1 Å². The monoisotopic (exact) mass is 375 g/mol. The Balaban J connectivity index is 2.28. The Morgan fingerprint density at radius 2 is 2.00 bits per heavy atom. The maximum Gasteiger partial charge on any atom is 0.407 e. The number of hydrogen-bond donors (Lipinski definition) is 1. The van der Waals surface area contributed by atoms with Crippen molar-refractivity contribution >= 4 is 28.0 Å². The van der Waals surface area contributed by atoms with Crippen molar-refractivity contribution in [2.24, 2.45) is 0 Å². The highest BCUT2D eigenvalue weighted by atomic mass is 79.9. The highest BCUT2D eigenvalue weighted by Gasteiger charge is 2.16. The van der Waals surface area contributed by atoms with Crippen LogP contribution < -0.4 is 5.32 Å². The van der Waals surface area contributed by atoms with Crippen LogP contribution in [0.1, 0.15) is 32.8 Å². The lowest BCUT2D eigenvalue weighted by molar-refractivity contribution is -0.144. The molecule has 22 heavy (non-hydrogen) atoms. The fourth-order valence-corrected chi connectivity index (χ4v) is 1.78. The molecule has 1 rings (SSSR count). The average Bonchev–Trinajstić information content (AvgIpc) is 2.35. The highest BCUT2D eigenvalue weighted by molar-refractivity contribution is 9.10. The van der Waals surface area contributed by atoms with Crippen LogP contribution in [0.2, 0.25) is 0 Å². The number of amides is 1. The molecule has 1 aromatic carbocycles. The SMILES string of the molecule is CC(C)(C)OC(=O)NCCC(=O)OCc1ccc(Br)cc1F. The van der Waals surface area contributed by atoms with E-state index < -0.39 is 23.5 Å². The molecular formula is C15H19BrFNO4. The van der Waals surface area contributed by atoms with Crippen LogP contribution in [0.15, 0.2) is 22.7 Å². The molecule has 0 bridgehead atoms. The molecule has 0 aliphatic heterocycles. The fraction of sp³-hybridized carbons (Fsp3) is 0.467. The van der Waals surface area contributed by atoms with Crippen molar-refractivity contribution in [1.82, 2.24) is 5.32 Å². The third-order valence-electron chi connectivity index (χ3n) is 2.40. The number of rotatable bonds is 5. The van der Waals surface area contributed by atoms with Crippen LogP contribution in [0.25, 0.3) is 0 Å². The van der Waals surface area contributed by atoms with Gasteiger partial charge in [-0.2, -0.15) is 0 Å². The third kappa shape index (κ3) is 7.40. The van der Waals surface area contributed by atoms with Crippen LogP contribution in [-0.4, -0.2) is 24.2 Å². The molecule has 0 heterocycles. The average molecular weight is 376 g/mol. The van der Waals surface area contributed by atoms with Crippen LogP contribution in [0, 0.1) is 5.82 Å². The van der Waals surface area contributed by atoms with Crippen molar-refractivity contribution in [3.05, 3.63) is 34.1 Å². The molecule has 0 fully saturated rings. The van der Waals surface area contributed by atoms with Gasteiger partial charge in [0.05, 0.1) is 6.42 Å². The van der Waals surface area contributed by atoms with Crippen molar-refractivity contribution in [2.75, 3.05) is 6.54 Å². The Kier molecular flexibility index (Phi) is 6.80. The number of alkyl carbamates (subject to hydrolysis) is 1. The lowest BCUT2D eigenvalue weighted by Gasteiger charge is -2.19. The number of benzene rings is 1. The zero-order valence-electron chi connectivity index (χ0n) is 12.7. The Labute approximate surface area is 137 Å². The summed E-state index contributed by atoms with van der Waals surface area (Å²) in [6.45, 7) is 5.18. The summed E-state index contributed by atoms with van der Waals surface area (Å²) in [6, 6.07) is 4.50. The van der Waals surface area contributed by atoms with Gasteiger partial charge < -0.3 is 14.8 Å². The van der Waals surface area contributed by atoms with Gasteiger partial charge in [0.25, 0.3) is 0 Å². The van der Waals surface area contributed by atoms with Crippen LogP contribution in [0.4, 0.5) is 9.18 Å². The number of carbonyl (C=O) groups is 2. The first-order chi connectivity index (χ1) is 10.2. The van der Waals surface area contributed by atoms with Gasteiger partial charge in [0, 0.05) is 16.6 Å². The van der Waals surface area contributed by atoms with Crippen molar-refractivity contribution in [3.8, 4) is 0 Å². The molecule has 0 spiro atoms. The maximum atomic E-state index is 13.5. The molecule has 122 valence electrons. The fourth-order valence-electron chi connectivity index (χ4n) is 1.45. The van der Waals surface area contributed by atoms with E-state index in [1.807, 2.05) is 0 Å². The number of esters is 1. The number of ether oxygens (including phenoxy) is 2. The molecule has 1 aromatic rings. The molecule has 0 saturated carbocycles. The summed E-state index contributed by atoms with van der Waals surface area (Å²) in [4.78, 5) is 22.9. The highest BCUT2D eigenvalue weighted by Crippen LogP contribution is 2.16. The van der Waals surface area contributed by atoms with Crippen LogP contribution in [0.3, 0.4) is 0 Å². The minimum absolute atomic E-state index is 0.0165. The molecule has 7 heteroatoms. The maximum absolute atomic E-state index is 13.5. The first-order valence-corrected chi connectivity index (χ1v) is 7.53. The van der Waals surface area contributed by atoms with Gasteiger partial charge in [0.15, 0.2) is 0 Å². The molecule has 0 aliphatic carbocycles. The van der Waals surface area contributed by atoms with E-state index in [1.165, 1.54) is 12.1 Å². The molecule has 0 atom stereocenters. The lowest BCUT2D eigenvalue weighted by atomic mass is 10.2. The van der Waals surface area contributed by atoms with Crippen molar-refractivity contribution in [3.63, 3.8) is 0 Å². The van der Waals surface area contributed by atoms with Gasteiger partial charge in [0.1, 0.15) is 18.0 Å². The van der Waals surface area contributed by atoms with E-state index in [0.29, 0.717) is 4.47 Å². The molecular weight excluding hydrogens is 357 g/mol. The zero-order chi connectivity index (χ0) is 16.8. The van der Waals surface area contributed by atoms with Crippen LogP contribution >= 0.6 is 15.9 Å². The second kappa shape index (κ2) is 8.12. The quantitative estimate of drug-likeness (QED) is 0.799.